The molecule has 1 aromatic carbocycles. The van der Waals surface area contributed by atoms with Gasteiger partial charge in [-0.2, -0.15) is 5.11 Å². The highest BCUT2D eigenvalue weighted by Gasteiger charge is 2.19. The second kappa shape index (κ2) is 14.2. The van der Waals surface area contributed by atoms with Crippen molar-refractivity contribution in [2.24, 2.45) is 16.1 Å². The van der Waals surface area contributed by atoms with Crippen LogP contribution in [0.1, 0.15) is 50.7 Å². The SMILES string of the molecule is CCCCC(CC)Cn1c(O)c(/N=N/c2ccc(S(=O)(=O)NCCOCCO)cc2)c(C)c(C)c1=O. The van der Waals surface area contributed by atoms with E-state index in [2.05, 4.69) is 28.8 Å². The molecule has 0 aliphatic rings. The first kappa shape index (κ1) is 29.6. The molecule has 1 aromatic heterocycles. The number of nitrogens with one attached hydrogen (secondary N) is 1. The molecule has 11 heteroatoms. The third-order valence-electron chi connectivity index (χ3n) is 6.12. The first-order valence-corrected chi connectivity index (χ1v) is 13.8. The summed E-state index contributed by atoms with van der Waals surface area (Å²) < 4.78 is 33.6. The predicted octanol–water partition coefficient (Wildman–Crippen LogP) is 4.09. The lowest BCUT2D eigenvalue weighted by Gasteiger charge is -2.19. The number of unbranched alkanes of at least 4 members (excludes halogenated alkanes) is 1. The van der Waals surface area contributed by atoms with Crippen LogP contribution < -0.4 is 10.3 Å². The molecular weight excluding hydrogens is 484 g/mol. The molecule has 3 N–H and O–H groups in total. The minimum atomic E-state index is -3.72. The van der Waals surface area contributed by atoms with E-state index in [1.54, 1.807) is 13.8 Å². The van der Waals surface area contributed by atoms with Gasteiger partial charge in [0.15, 0.2) is 0 Å². The molecule has 0 amide bonds. The van der Waals surface area contributed by atoms with Crippen molar-refractivity contribution >= 4 is 21.4 Å². The number of hydrogen-bond acceptors (Lipinski definition) is 8. The normalized spacial score (nSPS) is 12.9. The van der Waals surface area contributed by atoms with Crippen molar-refractivity contribution in [2.75, 3.05) is 26.4 Å². The summed E-state index contributed by atoms with van der Waals surface area (Å²) in [5.41, 5.74) is 1.43. The first-order chi connectivity index (χ1) is 17.2. The van der Waals surface area contributed by atoms with E-state index in [1.165, 1.54) is 28.8 Å². The third kappa shape index (κ3) is 7.95. The molecule has 0 fully saturated rings. The van der Waals surface area contributed by atoms with Crippen molar-refractivity contribution in [3.8, 4) is 5.88 Å². The molecule has 0 bridgehead atoms. The molecule has 0 aliphatic heterocycles. The van der Waals surface area contributed by atoms with Crippen LogP contribution in [0.25, 0.3) is 0 Å². The van der Waals surface area contributed by atoms with Gasteiger partial charge in [0, 0.05) is 18.7 Å². The number of pyridine rings is 1. The number of aromatic hydroxyl groups is 1. The Bertz CT molecular complexity index is 1180. The van der Waals surface area contributed by atoms with Crippen LogP contribution in [-0.2, 0) is 21.3 Å². The van der Waals surface area contributed by atoms with Crippen LogP contribution in [0.5, 0.6) is 5.88 Å². The molecule has 0 radical (unpaired) electrons. The van der Waals surface area contributed by atoms with Crippen LogP contribution in [0.15, 0.2) is 44.2 Å². The van der Waals surface area contributed by atoms with E-state index in [0.29, 0.717) is 23.4 Å². The Balaban J connectivity index is 2.23. The smallest absolute Gasteiger partial charge is 0.256 e. The van der Waals surface area contributed by atoms with Gasteiger partial charge in [-0.05, 0) is 56.0 Å². The van der Waals surface area contributed by atoms with E-state index >= 15 is 0 Å². The molecule has 10 nitrogen and oxygen atoms in total. The monoisotopic (exact) mass is 522 g/mol. The van der Waals surface area contributed by atoms with Gasteiger partial charge in [-0.15, -0.1) is 5.11 Å². The highest BCUT2D eigenvalue weighted by atomic mass is 32.2. The number of nitrogens with zero attached hydrogens (tertiary/aromatic N) is 3. The fourth-order valence-corrected chi connectivity index (χ4v) is 4.71. The summed E-state index contributed by atoms with van der Waals surface area (Å²) in [6.45, 7) is 8.28. The number of hydrogen-bond donors (Lipinski definition) is 3. The van der Waals surface area contributed by atoms with Crippen molar-refractivity contribution in [3.63, 3.8) is 0 Å². The highest BCUT2D eigenvalue weighted by Crippen LogP contribution is 2.33. The van der Waals surface area contributed by atoms with E-state index in [1.807, 2.05) is 0 Å². The quantitative estimate of drug-likeness (QED) is 0.237. The first-order valence-electron chi connectivity index (χ1n) is 12.3. The fraction of sp³-hybridized carbons (Fsp3) is 0.560. The summed E-state index contributed by atoms with van der Waals surface area (Å²) in [6, 6.07) is 5.83. The standard InChI is InChI=1S/C25H38N4O6S/c1-5-7-8-20(6-2)17-29-24(31)19(4)18(3)23(25(29)32)28-27-21-9-11-22(12-10-21)36(33,34)26-13-15-35-16-14-30/h9-12,20,26,30,32H,5-8,13-17H2,1-4H3/b28-27+. The lowest BCUT2D eigenvalue weighted by atomic mass is 9.99. The molecular formula is C25H38N4O6S. The zero-order valence-electron chi connectivity index (χ0n) is 21.5. The predicted molar refractivity (Wildman–Crippen MR) is 139 cm³/mol. The zero-order valence-corrected chi connectivity index (χ0v) is 22.3. The largest absolute Gasteiger partial charge is 0.493 e. The van der Waals surface area contributed by atoms with Crippen molar-refractivity contribution in [2.45, 2.75) is 64.8 Å². The Labute approximate surface area is 213 Å². The van der Waals surface area contributed by atoms with Gasteiger partial charge in [-0.3, -0.25) is 9.36 Å². The number of aliphatic hydroxyl groups excluding tert-OH is 1. The van der Waals surface area contributed by atoms with E-state index in [-0.39, 0.29) is 54.3 Å². The summed E-state index contributed by atoms with van der Waals surface area (Å²) in [5.74, 6) is 0.0541. The molecule has 0 saturated carbocycles. The van der Waals surface area contributed by atoms with Crippen LogP contribution >= 0.6 is 0 Å². The second-order valence-corrected chi connectivity index (χ2v) is 10.4. The average Bonchev–Trinajstić information content (AvgIpc) is 2.87. The number of rotatable bonds is 15. The van der Waals surface area contributed by atoms with E-state index < -0.39 is 10.0 Å². The summed E-state index contributed by atoms with van der Waals surface area (Å²) >= 11 is 0. The summed E-state index contributed by atoms with van der Waals surface area (Å²) in [5, 5.41) is 28.0. The average molecular weight is 523 g/mol. The maximum Gasteiger partial charge on any atom is 0.256 e. The molecule has 200 valence electrons. The minimum Gasteiger partial charge on any atom is -0.493 e. The van der Waals surface area contributed by atoms with Gasteiger partial charge < -0.3 is 14.9 Å². The van der Waals surface area contributed by atoms with Crippen molar-refractivity contribution in [1.82, 2.24) is 9.29 Å². The second-order valence-electron chi connectivity index (χ2n) is 8.68. The van der Waals surface area contributed by atoms with Crippen molar-refractivity contribution in [1.29, 1.82) is 0 Å². The van der Waals surface area contributed by atoms with E-state index in [0.717, 1.165) is 25.7 Å². The molecule has 1 heterocycles. The lowest BCUT2D eigenvalue weighted by Crippen LogP contribution is -2.27. The minimum absolute atomic E-state index is 0.0599. The van der Waals surface area contributed by atoms with E-state index in [9.17, 15) is 18.3 Å². The molecule has 0 saturated heterocycles. The zero-order chi connectivity index (χ0) is 26.7. The number of benzene rings is 1. The van der Waals surface area contributed by atoms with Gasteiger partial charge in [0.25, 0.3) is 5.56 Å². The Morgan fingerprint density at radius 2 is 1.78 bits per heavy atom. The summed E-state index contributed by atoms with van der Waals surface area (Å²) in [6.07, 6.45) is 4.00. The van der Waals surface area contributed by atoms with Crippen LogP contribution in [-0.4, -0.2) is 49.6 Å². The maximum atomic E-state index is 12.9. The molecule has 0 spiro atoms. The summed E-state index contributed by atoms with van der Waals surface area (Å²) in [4.78, 5) is 12.9. The maximum absolute atomic E-state index is 12.9. The van der Waals surface area contributed by atoms with Gasteiger partial charge in [-0.1, -0.05) is 33.1 Å². The van der Waals surface area contributed by atoms with Gasteiger partial charge in [0.05, 0.1) is 30.4 Å². The topological polar surface area (TPSA) is 143 Å². The van der Waals surface area contributed by atoms with Gasteiger partial charge in [0.1, 0.15) is 5.69 Å². The fourth-order valence-electron chi connectivity index (χ4n) is 3.69. The number of azo groups is 1. The summed E-state index contributed by atoms with van der Waals surface area (Å²) in [7, 11) is -3.72. The van der Waals surface area contributed by atoms with E-state index in [4.69, 9.17) is 9.84 Å². The van der Waals surface area contributed by atoms with Crippen molar-refractivity contribution < 1.29 is 23.4 Å². The van der Waals surface area contributed by atoms with Crippen LogP contribution in [0.3, 0.4) is 0 Å². The number of aromatic nitrogens is 1. The Morgan fingerprint density at radius 3 is 2.39 bits per heavy atom. The Kier molecular flexibility index (Phi) is 11.7. The number of aliphatic hydroxyl groups is 1. The Hall–Kier alpha value is -2.60. The van der Waals surface area contributed by atoms with Gasteiger partial charge >= 0.3 is 0 Å². The van der Waals surface area contributed by atoms with Gasteiger partial charge in [0.2, 0.25) is 15.9 Å². The van der Waals surface area contributed by atoms with Crippen LogP contribution in [0.2, 0.25) is 0 Å². The van der Waals surface area contributed by atoms with Crippen LogP contribution in [0, 0.1) is 19.8 Å². The lowest BCUT2D eigenvalue weighted by molar-refractivity contribution is 0.0961. The number of ether oxygens (including phenoxy) is 1. The van der Waals surface area contributed by atoms with Gasteiger partial charge in [-0.25, -0.2) is 13.1 Å². The highest BCUT2D eigenvalue weighted by molar-refractivity contribution is 7.89. The molecule has 2 aromatic rings. The van der Waals surface area contributed by atoms with Crippen molar-refractivity contribution in [3.05, 3.63) is 45.7 Å². The third-order valence-corrected chi connectivity index (χ3v) is 7.60. The van der Waals surface area contributed by atoms with Crippen LogP contribution in [0.4, 0.5) is 11.4 Å². The molecule has 2 rings (SSSR count). The Morgan fingerprint density at radius 1 is 1.08 bits per heavy atom. The number of sulfonamides is 1. The molecule has 0 aliphatic carbocycles. The molecule has 1 unspecified atom stereocenters. The molecule has 1 atom stereocenters. The molecule has 36 heavy (non-hydrogen) atoms.